The fourth-order valence-corrected chi connectivity index (χ4v) is 3.50. The van der Waals surface area contributed by atoms with Gasteiger partial charge in [0.2, 0.25) is 11.8 Å². The van der Waals surface area contributed by atoms with E-state index in [0.717, 1.165) is 19.1 Å². The van der Waals surface area contributed by atoms with Crippen molar-refractivity contribution in [2.75, 3.05) is 65.7 Å². The summed E-state index contributed by atoms with van der Waals surface area (Å²) in [5, 5.41) is 5.96. The Hall–Kier alpha value is -1.55. The summed E-state index contributed by atoms with van der Waals surface area (Å²) >= 11 is 0. The first kappa shape index (κ1) is 35.5. The molecule has 2 amide bonds. The van der Waals surface area contributed by atoms with Crippen molar-refractivity contribution >= 4 is 18.1 Å². The predicted octanol–water partition coefficient (Wildman–Crippen LogP) is 2.62. The van der Waals surface area contributed by atoms with Crippen LogP contribution < -0.4 is 16.4 Å². The topological polar surface area (TPSA) is 123 Å². The average molecular weight is 529 g/mol. The van der Waals surface area contributed by atoms with Gasteiger partial charge in [0, 0.05) is 44.6 Å². The molecule has 0 aliphatic carbocycles. The molecule has 0 aromatic rings. The number of carbonyl (C=O) groups is 3. The molecule has 0 fully saturated rings. The molecule has 0 heterocycles. The molecular formula is C28H56N4O5. The lowest BCUT2D eigenvalue weighted by Crippen LogP contribution is -2.41. The first-order valence-corrected chi connectivity index (χ1v) is 13.7. The lowest BCUT2D eigenvalue weighted by molar-refractivity contribution is -0.132. The highest BCUT2D eigenvalue weighted by atomic mass is 16.5. The second-order valence-electron chi connectivity index (χ2n) is 12.8. The molecule has 0 radical (unpaired) electrons. The first-order chi connectivity index (χ1) is 17.1. The normalized spacial score (nSPS) is 12.7. The van der Waals surface area contributed by atoms with Crippen LogP contribution in [0.1, 0.15) is 74.7 Å². The number of rotatable bonds is 22. The van der Waals surface area contributed by atoms with Gasteiger partial charge in [-0.2, -0.15) is 0 Å². The Morgan fingerprint density at radius 2 is 1.46 bits per heavy atom. The number of hydrogen-bond donors (Lipinski definition) is 3. The summed E-state index contributed by atoms with van der Waals surface area (Å²) in [4.78, 5) is 38.0. The zero-order valence-corrected chi connectivity index (χ0v) is 24.9. The monoisotopic (exact) mass is 528 g/mol. The standard InChI is InChI=1S/C28H56N4O5/c1-23(2)18-36-22-28(7,8)25(35)31-12-10-14-32(15-16-33)13-9-11-30-24(34)17-26(3,4)20-37-21-27(5,6)19-29/h16,23H,9-15,17-22,29H2,1-8H3,(H,30,34)(H,31,35). The van der Waals surface area contributed by atoms with Crippen LogP contribution >= 0.6 is 0 Å². The fourth-order valence-electron chi connectivity index (χ4n) is 3.50. The SMILES string of the molecule is CC(C)COCC(C)(C)C(=O)NCCCN(CC=O)CCCNC(=O)CC(C)(C)COCC(C)(C)CN. The Morgan fingerprint density at radius 1 is 0.892 bits per heavy atom. The molecule has 4 N–H and O–H groups in total. The van der Waals surface area contributed by atoms with Crippen molar-refractivity contribution < 1.29 is 23.9 Å². The second kappa shape index (κ2) is 17.9. The number of aldehydes is 1. The van der Waals surface area contributed by atoms with Crippen molar-refractivity contribution in [2.45, 2.75) is 74.7 Å². The minimum atomic E-state index is -0.586. The molecule has 0 aliphatic rings. The van der Waals surface area contributed by atoms with Crippen LogP contribution in [0, 0.1) is 22.2 Å². The molecular weight excluding hydrogens is 472 g/mol. The van der Waals surface area contributed by atoms with Crippen molar-refractivity contribution in [2.24, 2.45) is 27.9 Å². The van der Waals surface area contributed by atoms with E-state index >= 15 is 0 Å². The maximum Gasteiger partial charge on any atom is 0.227 e. The highest BCUT2D eigenvalue weighted by molar-refractivity contribution is 5.81. The van der Waals surface area contributed by atoms with E-state index in [9.17, 15) is 14.4 Å². The van der Waals surface area contributed by atoms with Crippen molar-refractivity contribution in [3.05, 3.63) is 0 Å². The van der Waals surface area contributed by atoms with Gasteiger partial charge in [0.15, 0.2) is 0 Å². The largest absolute Gasteiger partial charge is 0.380 e. The van der Waals surface area contributed by atoms with Crippen LogP contribution in [0.4, 0.5) is 0 Å². The molecule has 0 atom stereocenters. The van der Waals surface area contributed by atoms with Crippen LogP contribution in [0.2, 0.25) is 0 Å². The molecule has 37 heavy (non-hydrogen) atoms. The van der Waals surface area contributed by atoms with E-state index in [4.69, 9.17) is 15.2 Å². The van der Waals surface area contributed by atoms with E-state index in [1.807, 2.05) is 32.6 Å². The van der Waals surface area contributed by atoms with Gasteiger partial charge in [-0.1, -0.05) is 41.5 Å². The van der Waals surface area contributed by atoms with Crippen LogP contribution in [-0.4, -0.2) is 88.7 Å². The van der Waals surface area contributed by atoms with Crippen molar-refractivity contribution in [3.8, 4) is 0 Å². The van der Waals surface area contributed by atoms with Gasteiger partial charge in [0.1, 0.15) is 6.29 Å². The molecule has 0 unspecified atom stereocenters. The number of carbonyl (C=O) groups excluding carboxylic acids is 3. The van der Waals surface area contributed by atoms with Gasteiger partial charge in [0.05, 0.1) is 31.8 Å². The van der Waals surface area contributed by atoms with Gasteiger partial charge in [-0.05, 0) is 44.6 Å². The summed E-state index contributed by atoms with van der Waals surface area (Å²) in [5.74, 6) is 0.399. The molecule has 218 valence electrons. The summed E-state index contributed by atoms with van der Waals surface area (Å²) in [5.41, 5.74) is 4.82. The van der Waals surface area contributed by atoms with E-state index in [2.05, 4.69) is 38.3 Å². The maximum absolute atomic E-state index is 12.5. The fraction of sp³-hybridized carbons (Fsp3) is 0.893. The molecule has 0 bridgehead atoms. The Bertz CT molecular complexity index is 665. The van der Waals surface area contributed by atoms with Crippen molar-refractivity contribution in [3.63, 3.8) is 0 Å². The molecule has 0 aromatic heterocycles. The third-order valence-electron chi connectivity index (χ3n) is 5.95. The molecule has 0 aliphatic heterocycles. The summed E-state index contributed by atoms with van der Waals surface area (Å²) < 4.78 is 11.5. The zero-order chi connectivity index (χ0) is 28.5. The summed E-state index contributed by atoms with van der Waals surface area (Å²) in [6, 6.07) is 0. The molecule has 0 saturated carbocycles. The Balaban J connectivity index is 4.22. The van der Waals surface area contributed by atoms with Gasteiger partial charge in [-0.15, -0.1) is 0 Å². The Labute approximate surface area is 226 Å². The van der Waals surface area contributed by atoms with Gasteiger partial charge in [-0.25, -0.2) is 0 Å². The zero-order valence-electron chi connectivity index (χ0n) is 24.9. The molecule has 0 rings (SSSR count). The quantitative estimate of drug-likeness (QED) is 0.146. The maximum atomic E-state index is 12.5. The molecule has 0 saturated heterocycles. The number of nitrogens with one attached hydrogen (secondary N) is 2. The smallest absolute Gasteiger partial charge is 0.227 e. The number of nitrogens with two attached hydrogens (primary N) is 1. The van der Waals surface area contributed by atoms with Gasteiger partial charge in [-0.3, -0.25) is 14.5 Å². The van der Waals surface area contributed by atoms with Crippen LogP contribution in [-0.2, 0) is 23.9 Å². The second-order valence-corrected chi connectivity index (χ2v) is 12.8. The summed E-state index contributed by atoms with van der Waals surface area (Å²) in [7, 11) is 0. The van der Waals surface area contributed by atoms with Crippen LogP contribution in [0.25, 0.3) is 0 Å². The van der Waals surface area contributed by atoms with Crippen molar-refractivity contribution in [1.29, 1.82) is 0 Å². The van der Waals surface area contributed by atoms with E-state index < -0.39 is 5.41 Å². The summed E-state index contributed by atoms with van der Waals surface area (Å²) in [6.07, 6.45) is 2.76. The van der Waals surface area contributed by atoms with Crippen LogP contribution in [0.3, 0.4) is 0 Å². The Kier molecular flexibility index (Phi) is 17.1. The number of hydrogen-bond acceptors (Lipinski definition) is 7. The van der Waals surface area contributed by atoms with Crippen LogP contribution in [0.5, 0.6) is 0 Å². The number of ether oxygens (including phenoxy) is 2. The third kappa shape index (κ3) is 18.4. The highest BCUT2D eigenvalue weighted by Gasteiger charge is 2.28. The van der Waals surface area contributed by atoms with Crippen molar-refractivity contribution in [1.82, 2.24) is 15.5 Å². The molecule has 9 nitrogen and oxygen atoms in total. The van der Waals surface area contributed by atoms with Gasteiger partial charge >= 0.3 is 0 Å². The Morgan fingerprint density at radius 3 is 2.00 bits per heavy atom. The average Bonchev–Trinajstić information content (AvgIpc) is 2.78. The van der Waals surface area contributed by atoms with Gasteiger partial charge < -0.3 is 30.6 Å². The number of amides is 2. The molecule has 9 heteroatoms. The van der Waals surface area contributed by atoms with E-state index in [-0.39, 0.29) is 22.6 Å². The van der Waals surface area contributed by atoms with E-state index in [0.29, 0.717) is 78.0 Å². The number of nitrogens with zero attached hydrogens (tertiary/aromatic N) is 1. The predicted molar refractivity (Wildman–Crippen MR) is 149 cm³/mol. The van der Waals surface area contributed by atoms with Crippen LogP contribution in [0.15, 0.2) is 0 Å². The third-order valence-corrected chi connectivity index (χ3v) is 5.95. The highest BCUT2D eigenvalue weighted by Crippen LogP contribution is 2.22. The molecule has 0 spiro atoms. The van der Waals surface area contributed by atoms with Gasteiger partial charge in [0.25, 0.3) is 0 Å². The summed E-state index contributed by atoms with van der Waals surface area (Å²) in [6.45, 7) is 21.5. The minimum Gasteiger partial charge on any atom is -0.380 e. The first-order valence-electron chi connectivity index (χ1n) is 13.7. The molecule has 0 aromatic carbocycles. The lowest BCUT2D eigenvalue weighted by Gasteiger charge is -2.28. The minimum absolute atomic E-state index is 0.00340. The van der Waals surface area contributed by atoms with E-state index in [1.54, 1.807) is 0 Å². The lowest BCUT2D eigenvalue weighted by atomic mass is 9.89. The van der Waals surface area contributed by atoms with E-state index in [1.165, 1.54) is 0 Å².